The van der Waals surface area contributed by atoms with E-state index in [4.69, 9.17) is 15.2 Å². The first-order valence-electron chi connectivity index (χ1n) is 5.47. The molecule has 1 unspecified atom stereocenters. The first-order chi connectivity index (χ1) is 8.60. The number of nitrogens with two attached hydrogens (primary N) is 1. The normalized spacial score (nSPS) is 11.4. The zero-order valence-electron chi connectivity index (χ0n) is 10.8. The van der Waals surface area contributed by atoms with Gasteiger partial charge in [0.15, 0.2) is 0 Å². The van der Waals surface area contributed by atoms with Crippen LogP contribution in [0, 0.1) is 0 Å². The maximum Gasteiger partial charge on any atom is 0.227 e. The summed E-state index contributed by atoms with van der Waals surface area (Å²) in [5, 5.41) is 2.77. The summed E-state index contributed by atoms with van der Waals surface area (Å²) in [4.78, 5) is 11.7. The van der Waals surface area contributed by atoms with Gasteiger partial charge in [-0.2, -0.15) is 0 Å². The highest BCUT2D eigenvalue weighted by molar-refractivity contribution is 9.10. The Bertz CT molecular complexity index is 414. The van der Waals surface area contributed by atoms with Gasteiger partial charge in [-0.25, -0.2) is 0 Å². The Balaban J connectivity index is 0.00000324. The number of hydrogen-bond donors (Lipinski definition) is 2. The van der Waals surface area contributed by atoms with E-state index in [9.17, 15) is 4.79 Å². The molecule has 1 amide bonds. The van der Waals surface area contributed by atoms with E-state index in [1.54, 1.807) is 19.2 Å². The van der Waals surface area contributed by atoms with Crippen molar-refractivity contribution in [3.63, 3.8) is 0 Å². The van der Waals surface area contributed by atoms with Crippen LogP contribution in [0.3, 0.4) is 0 Å². The minimum atomic E-state index is -0.262. The number of hydrogen-bond acceptors (Lipinski definition) is 4. The summed E-state index contributed by atoms with van der Waals surface area (Å²) >= 11 is 3.35. The Morgan fingerprint density at radius 2 is 2.16 bits per heavy atom. The van der Waals surface area contributed by atoms with Crippen LogP contribution in [0.1, 0.15) is 6.42 Å². The summed E-state index contributed by atoms with van der Waals surface area (Å²) in [7, 11) is 3.11. The third-order valence-electron chi connectivity index (χ3n) is 2.44. The molecule has 0 spiro atoms. The zero-order chi connectivity index (χ0) is 13.5. The lowest BCUT2D eigenvalue weighted by Crippen LogP contribution is -2.28. The molecule has 3 N–H and O–H groups in total. The van der Waals surface area contributed by atoms with Crippen LogP contribution >= 0.6 is 28.3 Å². The van der Waals surface area contributed by atoms with E-state index in [0.29, 0.717) is 18.0 Å². The topological polar surface area (TPSA) is 73.6 Å². The van der Waals surface area contributed by atoms with E-state index in [0.717, 1.165) is 4.47 Å². The van der Waals surface area contributed by atoms with Gasteiger partial charge in [0.2, 0.25) is 5.91 Å². The number of benzene rings is 1. The van der Waals surface area contributed by atoms with Crippen molar-refractivity contribution in [1.29, 1.82) is 0 Å². The Hall–Kier alpha value is -0.820. The molecule has 7 heteroatoms. The lowest BCUT2D eigenvalue weighted by atomic mass is 10.2. The highest BCUT2D eigenvalue weighted by atomic mass is 79.9. The van der Waals surface area contributed by atoms with Crippen LogP contribution in [0.2, 0.25) is 0 Å². The first kappa shape index (κ1) is 18.2. The maximum atomic E-state index is 11.7. The molecule has 0 radical (unpaired) electrons. The highest BCUT2D eigenvalue weighted by Crippen LogP contribution is 2.27. The second-order valence-corrected chi connectivity index (χ2v) is 4.55. The molecule has 0 aliphatic carbocycles. The Morgan fingerprint density at radius 3 is 2.68 bits per heavy atom. The van der Waals surface area contributed by atoms with Crippen LogP contribution in [0.4, 0.5) is 5.69 Å². The molecular formula is C12H18BrClN2O3. The minimum Gasteiger partial charge on any atom is -0.495 e. The predicted octanol–water partition coefficient (Wildman–Crippen LogP) is 2.18. The summed E-state index contributed by atoms with van der Waals surface area (Å²) < 4.78 is 11.0. The van der Waals surface area contributed by atoms with Gasteiger partial charge in [0.25, 0.3) is 0 Å². The van der Waals surface area contributed by atoms with Crippen molar-refractivity contribution in [2.24, 2.45) is 5.73 Å². The monoisotopic (exact) mass is 352 g/mol. The van der Waals surface area contributed by atoms with Gasteiger partial charge in [-0.3, -0.25) is 4.79 Å². The fraction of sp³-hybridized carbons (Fsp3) is 0.417. The van der Waals surface area contributed by atoms with E-state index >= 15 is 0 Å². The van der Waals surface area contributed by atoms with Gasteiger partial charge in [-0.05, 0) is 28.1 Å². The van der Waals surface area contributed by atoms with E-state index in [1.165, 1.54) is 7.11 Å². The smallest absolute Gasteiger partial charge is 0.227 e. The molecule has 0 aliphatic rings. The molecule has 108 valence electrons. The van der Waals surface area contributed by atoms with Gasteiger partial charge in [0.05, 0.1) is 24.1 Å². The van der Waals surface area contributed by atoms with Crippen molar-refractivity contribution in [3.05, 3.63) is 22.7 Å². The van der Waals surface area contributed by atoms with Gasteiger partial charge >= 0.3 is 0 Å². The largest absolute Gasteiger partial charge is 0.495 e. The van der Waals surface area contributed by atoms with E-state index in [1.807, 2.05) is 6.07 Å². The number of nitrogens with one attached hydrogen (secondary N) is 1. The van der Waals surface area contributed by atoms with Crippen molar-refractivity contribution >= 4 is 39.9 Å². The zero-order valence-corrected chi connectivity index (χ0v) is 13.2. The quantitative estimate of drug-likeness (QED) is 0.822. The van der Waals surface area contributed by atoms with Gasteiger partial charge in [-0.15, -0.1) is 12.4 Å². The third kappa shape index (κ3) is 5.78. The molecule has 0 fully saturated rings. The molecule has 1 aromatic carbocycles. The molecule has 0 saturated heterocycles. The Morgan fingerprint density at radius 1 is 1.47 bits per heavy atom. The summed E-state index contributed by atoms with van der Waals surface area (Å²) in [5.41, 5.74) is 6.13. The lowest BCUT2D eigenvalue weighted by Gasteiger charge is -2.13. The minimum absolute atomic E-state index is 0. The molecule has 19 heavy (non-hydrogen) atoms. The van der Waals surface area contributed by atoms with Crippen LogP contribution in [0.25, 0.3) is 0 Å². The molecular weight excluding hydrogens is 336 g/mol. The van der Waals surface area contributed by atoms with Crippen molar-refractivity contribution in [2.45, 2.75) is 12.5 Å². The molecule has 0 saturated carbocycles. The van der Waals surface area contributed by atoms with Crippen LogP contribution in [-0.4, -0.2) is 32.8 Å². The average molecular weight is 354 g/mol. The summed E-state index contributed by atoms with van der Waals surface area (Å²) in [5.74, 6) is 0.520. The molecule has 0 aliphatic heterocycles. The lowest BCUT2D eigenvalue weighted by molar-refractivity contribution is -0.118. The number of carbonyl (C=O) groups excluding carboxylic acids is 1. The molecule has 0 bridgehead atoms. The first-order valence-corrected chi connectivity index (χ1v) is 6.26. The van der Waals surface area contributed by atoms with Gasteiger partial charge in [0.1, 0.15) is 5.75 Å². The Kier molecular flexibility index (Phi) is 8.75. The number of amides is 1. The SMILES string of the molecule is COc1cc(NC(=O)CC(CN)OC)ccc1Br.Cl. The Labute approximate surface area is 127 Å². The molecule has 1 rings (SSSR count). The highest BCUT2D eigenvalue weighted by Gasteiger charge is 2.12. The second-order valence-electron chi connectivity index (χ2n) is 3.70. The number of carbonyl (C=O) groups is 1. The summed E-state index contributed by atoms with van der Waals surface area (Å²) in [6, 6.07) is 5.34. The van der Waals surface area contributed by atoms with E-state index in [2.05, 4.69) is 21.2 Å². The van der Waals surface area contributed by atoms with Crippen LogP contribution in [0.15, 0.2) is 22.7 Å². The van der Waals surface area contributed by atoms with Crippen molar-refractivity contribution in [2.75, 3.05) is 26.1 Å². The second kappa shape index (κ2) is 9.14. The number of anilines is 1. The fourth-order valence-corrected chi connectivity index (χ4v) is 1.83. The number of rotatable bonds is 6. The summed E-state index contributed by atoms with van der Waals surface area (Å²) in [6.45, 7) is 0.313. The third-order valence-corrected chi connectivity index (χ3v) is 3.10. The number of halogens is 2. The maximum absolute atomic E-state index is 11.7. The molecule has 5 nitrogen and oxygen atoms in total. The predicted molar refractivity (Wildman–Crippen MR) is 81.0 cm³/mol. The summed E-state index contributed by atoms with van der Waals surface area (Å²) in [6.07, 6.45) is -0.0342. The number of ether oxygens (including phenoxy) is 2. The molecule has 1 atom stereocenters. The van der Waals surface area contributed by atoms with Gasteiger partial charge < -0.3 is 20.5 Å². The van der Waals surface area contributed by atoms with Crippen LogP contribution < -0.4 is 15.8 Å². The van der Waals surface area contributed by atoms with Crippen molar-refractivity contribution < 1.29 is 14.3 Å². The van der Waals surface area contributed by atoms with Gasteiger partial charge in [-0.1, -0.05) is 0 Å². The van der Waals surface area contributed by atoms with Crippen molar-refractivity contribution in [1.82, 2.24) is 0 Å². The molecule has 1 aromatic rings. The standard InChI is InChI=1S/C12H17BrN2O3.ClH/c1-17-9(7-14)6-12(16)15-8-3-4-10(13)11(5-8)18-2;/h3-5,9H,6-7,14H2,1-2H3,(H,15,16);1H. The fourth-order valence-electron chi connectivity index (χ4n) is 1.42. The molecule has 0 heterocycles. The van der Waals surface area contributed by atoms with Gasteiger partial charge in [0, 0.05) is 25.4 Å². The van der Waals surface area contributed by atoms with E-state index in [-0.39, 0.29) is 30.8 Å². The van der Waals surface area contributed by atoms with Crippen LogP contribution in [0.5, 0.6) is 5.75 Å². The number of methoxy groups -OCH3 is 2. The van der Waals surface area contributed by atoms with E-state index < -0.39 is 0 Å². The average Bonchev–Trinajstić information content (AvgIpc) is 2.38. The molecule has 0 aromatic heterocycles. The van der Waals surface area contributed by atoms with Crippen LogP contribution in [-0.2, 0) is 9.53 Å². The van der Waals surface area contributed by atoms with Crippen molar-refractivity contribution in [3.8, 4) is 5.75 Å².